The van der Waals surface area contributed by atoms with E-state index in [-0.39, 0.29) is 18.0 Å². The van der Waals surface area contributed by atoms with Gasteiger partial charge in [0, 0.05) is 18.1 Å². The smallest absolute Gasteiger partial charge is 0.258 e. The van der Waals surface area contributed by atoms with Crippen molar-refractivity contribution < 1.29 is 4.79 Å². The third-order valence-electron chi connectivity index (χ3n) is 4.49. The standard InChI is InChI=1S/C21H18N4O2/c1-13-10-11-14-6-5-8-16(19(14)22-13)21(27)25(2)12-18-23-17-9-4-3-7-15(17)20(26)24-18/h3-11H,12H2,1-2H3,(H,23,24,26). The van der Waals surface area contributed by atoms with Crippen molar-refractivity contribution in [3.05, 3.63) is 82.0 Å². The Morgan fingerprint density at radius 3 is 2.70 bits per heavy atom. The molecule has 134 valence electrons. The lowest BCUT2D eigenvalue weighted by Gasteiger charge is -2.17. The van der Waals surface area contributed by atoms with Crippen LogP contribution in [0.2, 0.25) is 0 Å². The molecule has 0 unspecified atom stereocenters. The maximum absolute atomic E-state index is 13.0. The zero-order chi connectivity index (χ0) is 19.0. The molecule has 1 amide bonds. The molecular formula is C21H18N4O2. The topological polar surface area (TPSA) is 79.0 Å². The van der Waals surface area contributed by atoms with E-state index in [1.165, 1.54) is 4.90 Å². The lowest BCUT2D eigenvalue weighted by molar-refractivity contribution is 0.0783. The van der Waals surface area contributed by atoms with E-state index in [0.29, 0.717) is 27.8 Å². The van der Waals surface area contributed by atoms with Crippen molar-refractivity contribution in [3.8, 4) is 0 Å². The predicted molar refractivity (Wildman–Crippen MR) is 105 cm³/mol. The maximum Gasteiger partial charge on any atom is 0.258 e. The van der Waals surface area contributed by atoms with Gasteiger partial charge in [0.25, 0.3) is 11.5 Å². The normalized spacial score (nSPS) is 11.0. The van der Waals surface area contributed by atoms with Crippen LogP contribution >= 0.6 is 0 Å². The number of aromatic nitrogens is 3. The third-order valence-corrected chi connectivity index (χ3v) is 4.49. The van der Waals surface area contributed by atoms with E-state index in [9.17, 15) is 9.59 Å². The number of carbonyl (C=O) groups is 1. The molecule has 2 heterocycles. The Hall–Kier alpha value is -3.54. The van der Waals surface area contributed by atoms with Crippen LogP contribution in [-0.4, -0.2) is 32.8 Å². The minimum Gasteiger partial charge on any atom is -0.334 e. The van der Waals surface area contributed by atoms with E-state index >= 15 is 0 Å². The Balaban J connectivity index is 1.68. The van der Waals surface area contributed by atoms with Crippen molar-refractivity contribution in [2.24, 2.45) is 0 Å². The highest BCUT2D eigenvalue weighted by Crippen LogP contribution is 2.19. The number of nitrogens with zero attached hydrogens (tertiary/aromatic N) is 3. The first kappa shape index (κ1) is 16.9. The van der Waals surface area contributed by atoms with Crippen LogP contribution in [0, 0.1) is 6.92 Å². The van der Waals surface area contributed by atoms with E-state index < -0.39 is 0 Å². The number of fused-ring (bicyclic) bond motifs is 2. The summed E-state index contributed by atoms with van der Waals surface area (Å²) in [6, 6.07) is 16.6. The zero-order valence-corrected chi connectivity index (χ0v) is 15.1. The van der Waals surface area contributed by atoms with E-state index in [2.05, 4.69) is 15.0 Å². The van der Waals surface area contributed by atoms with Gasteiger partial charge in [0.1, 0.15) is 5.82 Å². The number of hydrogen-bond acceptors (Lipinski definition) is 4. The molecule has 0 fully saturated rings. The predicted octanol–water partition coefficient (Wildman–Crippen LogP) is 3.05. The fourth-order valence-corrected chi connectivity index (χ4v) is 3.13. The lowest BCUT2D eigenvalue weighted by atomic mass is 10.1. The summed E-state index contributed by atoms with van der Waals surface area (Å²) in [4.78, 5) is 38.5. The van der Waals surface area contributed by atoms with Crippen LogP contribution < -0.4 is 5.56 Å². The number of benzene rings is 2. The molecule has 0 radical (unpaired) electrons. The van der Waals surface area contributed by atoms with Crippen LogP contribution in [0.25, 0.3) is 21.8 Å². The second kappa shape index (κ2) is 6.64. The van der Waals surface area contributed by atoms with E-state index in [0.717, 1.165) is 11.1 Å². The Kier molecular flexibility index (Phi) is 4.16. The number of para-hydroxylation sites is 2. The summed E-state index contributed by atoms with van der Waals surface area (Å²) in [7, 11) is 1.69. The largest absolute Gasteiger partial charge is 0.334 e. The van der Waals surface area contributed by atoms with E-state index in [1.54, 1.807) is 31.3 Å². The number of aromatic amines is 1. The van der Waals surface area contributed by atoms with Crippen LogP contribution in [0.5, 0.6) is 0 Å². The molecule has 0 saturated heterocycles. The van der Waals surface area contributed by atoms with Crippen LogP contribution in [0.3, 0.4) is 0 Å². The number of pyridine rings is 1. The van der Waals surface area contributed by atoms with Crippen LogP contribution in [0.1, 0.15) is 21.9 Å². The molecule has 6 heteroatoms. The highest BCUT2D eigenvalue weighted by Gasteiger charge is 2.17. The molecule has 0 aliphatic carbocycles. The van der Waals surface area contributed by atoms with E-state index in [1.807, 2.05) is 37.3 Å². The number of hydrogen-bond donors (Lipinski definition) is 1. The van der Waals surface area contributed by atoms with E-state index in [4.69, 9.17) is 0 Å². The summed E-state index contributed by atoms with van der Waals surface area (Å²) >= 11 is 0. The number of nitrogens with one attached hydrogen (secondary N) is 1. The summed E-state index contributed by atoms with van der Waals surface area (Å²) in [6.45, 7) is 2.09. The second-order valence-corrected chi connectivity index (χ2v) is 6.52. The maximum atomic E-state index is 13.0. The van der Waals surface area contributed by atoms with Crippen molar-refractivity contribution in [1.29, 1.82) is 0 Å². The Morgan fingerprint density at radius 2 is 1.85 bits per heavy atom. The zero-order valence-electron chi connectivity index (χ0n) is 15.1. The van der Waals surface area contributed by atoms with Crippen LogP contribution in [0.15, 0.2) is 59.4 Å². The van der Waals surface area contributed by atoms with Gasteiger partial charge in [-0.3, -0.25) is 14.6 Å². The minimum atomic E-state index is -0.209. The average molecular weight is 358 g/mol. The van der Waals surface area contributed by atoms with Gasteiger partial charge in [-0.25, -0.2) is 4.98 Å². The van der Waals surface area contributed by atoms with Crippen molar-refractivity contribution >= 4 is 27.7 Å². The summed E-state index contributed by atoms with van der Waals surface area (Å²) in [5, 5.41) is 1.45. The van der Waals surface area contributed by atoms with Gasteiger partial charge in [-0.05, 0) is 31.2 Å². The molecule has 0 aliphatic heterocycles. The SMILES string of the molecule is Cc1ccc2cccc(C(=O)N(C)Cc3nc4ccccc4c(=O)[nH]3)c2n1. The van der Waals surface area contributed by atoms with Crippen molar-refractivity contribution in [1.82, 2.24) is 19.9 Å². The van der Waals surface area contributed by atoms with Gasteiger partial charge in [0.05, 0.1) is 28.5 Å². The molecule has 0 atom stereocenters. The average Bonchev–Trinajstić information content (AvgIpc) is 2.67. The number of aryl methyl sites for hydroxylation is 1. The van der Waals surface area contributed by atoms with Gasteiger partial charge in [0.2, 0.25) is 0 Å². The number of amides is 1. The highest BCUT2D eigenvalue weighted by atomic mass is 16.2. The monoisotopic (exact) mass is 358 g/mol. The fraction of sp³-hybridized carbons (Fsp3) is 0.143. The summed E-state index contributed by atoms with van der Waals surface area (Å²) in [6.07, 6.45) is 0. The molecule has 4 aromatic rings. The van der Waals surface area contributed by atoms with Crippen LogP contribution in [-0.2, 0) is 6.54 Å². The van der Waals surface area contributed by atoms with Gasteiger partial charge in [-0.1, -0.05) is 30.3 Å². The van der Waals surface area contributed by atoms with Gasteiger partial charge in [-0.15, -0.1) is 0 Å². The molecule has 4 rings (SSSR count). The molecule has 0 spiro atoms. The highest BCUT2D eigenvalue weighted by molar-refractivity contribution is 6.05. The van der Waals surface area contributed by atoms with Crippen molar-refractivity contribution in [2.75, 3.05) is 7.05 Å². The van der Waals surface area contributed by atoms with Crippen molar-refractivity contribution in [3.63, 3.8) is 0 Å². The number of rotatable bonds is 3. The first-order valence-corrected chi connectivity index (χ1v) is 8.63. The summed E-state index contributed by atoms with van der Waals surface area (Å²) < 4.78 is 0. The molecule has 0 bridgehead atoms. The molecule has 0 saturated carbocycles. The quantitative estimate of drug-likeness (QED) is 0.610. The third kappa shape index (κ3) is 3.17. The molecule has 1 N–H and O–H groups in total. The molecule has 6 nitrogen and oxygen atoms in total. The Morgan fingerprint density at radius 1 is 1.04 bits per heavy atom. The Bertz CT molecular complexity index is 1230. The Labute approximate surface area is 155 Å². The van der Waals surface area contributed by atoms with Gasteiger partial charge < -0.3 is 9.88 Å². The van der Waals surface area contributed by atoms with Gasteiger partial charge in [-0.2, -0.15) is 0 Å². The lowest BCUT2D eigenvalue weighted by Crippen LogP contribution is -2.28. The molecular weight excluding hydrogens is 340 g/mol. The van der Waals surface area contributed by atoms with Gasteiger partial charge >= 0.3 is 0 Å². The minimum absolute atomic E-state index is 0.172. The summed E-state index contributed by atoms with van der Waals surface area (Å²) in [5.74, 6) is 0.272. The van der Waals surface area contributed by atoms with Crippen LogP contribution in [0.4, 0.5) is 0 Å². The summed E-state index contributed by atoms with van der Waals surface area (Å²) in [5.41, 5.74) is 2.46. The number of H-pyrrole nitrogens is 1. The van der Waals surface area contributed by atoms with Crippen molar-refractivity contribution in [2.45, 2.75) is 13.5 Å². The molecule has 0 aliphatic rings. The fourth-order valence-electron chi connectivity index (χ4n) is 3.13. The second-order valence-electron chi connectivity index (χ2n) is 6.52. The number of carbonyl (C=O) groups excluding carboxylic acids is 1. The first-order valence-electron chi connectivity index (χ1n) is 8.63. The van der Waals surface area contributed by atoms with Gasteiger partial charge in [0.15, 0.2) is 0 Å². The molecule has 27 heavy (non-hydrogen) atoms. The first-order chi connectivity index (χ1) is 13.0. The molecule has 2 aromatic carbocycles. The molecule has 2 aromatic heterocycles.